The standard InChI is InChI=1S/C21H19N3O2/c1-24(18-11-6-3-7-12-18)21(15-22,16-23)19(13-8-14-20(25)26)17-9-4-2-5-10-17/h2-12,14,19H,13H2,1H3,(H,25,26)/b14-8+. The van der Waals surface area contributed by atoms with E-state index in [4.69, 9.17) is 5.11 Å². The summed E-state index contributed by atoms with van der Waals surface area (Å²) in [6, 6.07) is 22.8. The topological polar surface area (TPSA) is 88.1 Å². The van der Waals surface area contributed by atoms with Crippen molar-refractivity contribution in [3.63, 3.8) is 0 Å². The third-order valence-electron chi connectivity index (χ3n) is 4.35. The molecule has 0 saturated heterocycles. The van der Waals surface area contributed by atoms with Crippen molar-refractivity contribution in [1.29, 1.82) is 10.5 Å². The van der Waals surface area contributed by atoms with E-state index in [-0.39, 0.29) is 6.42 Å². The maximum absolute atomic E-state index is 10.8. The molecule has 2 rings (SSSR count). The lowest BCUT2D eigenvalue weighted by Gasteiger charge is -2.38. The van der Waals surface area contributed by atoms with Crippen molar-refractivity contribution in [2.24, 2.45) is 0 Å². The van der Waals surface area contributed by atoms with Gasteiger partial charge in [-0.05, 0) is 24.1 Å². The third-order valence-corrected chi connectivity index (χ3v) is 4.35. The molecule has 1 unspecified atom stereocenters. The summed E-state index contributed by atoms with van der Waals surface area (Å²) in [5, 5.41) is 28.9. The molecule has 5 nitrogen and oxygen atoms in total. The molecule has 5 heteroatoms. The van der Waals surface area contributed by atoms with E-state index in [1.165, 1.54) is 6.08 Å². The summed E-state index contributed by atoms with van der Waals surface area (Å²) in [6.45, 7) is 0. The minimum Gasteiger partial charge on any atom is -0.478 e. The Labute approximate surface area is 153 Å². The van der Waals surface area contributed by atoms with Crippen LogP contribution in [-0.4, -0.2) is 23.7 Å². The fourth-order valence-corrected chi connectivity index (χ4v) is 2.96. The molecule has 2 aromatic carbocycles. The summed E-state index contributed by atoms with van der Waals surface area (Å²) in [6.07, 6.45) is 2.77. The Hall–Kier alpha value is -3.57. The monoisotopic (exact) mass is 345 g/mol. The smallest absolute Gasteiger partial charge is 0.327 e. The van der Waals surface area contributed by atoms with Gasteiger partial charge in [-0.1, -0.05) is 54.6 Å². The molecule has 1 atom stereocenters. The lowest BCUT2D eigenvalue weighted by Crippen LogP contribution is -2.49. The molecule has 1 N–H and O–H groups in total. The number of para-hydroxylation sites is 1. The van der Waals surface area contributed by atoms with Crippen molar-refractivity contribution in [1.82, 2.24) is 0 Å². The van der Waals surface area contributed by atoms with Gasteiger partial charge < -0.3 is 10.0 Å². The van der Waals surface area contributed by atoms with Crippen LogP contribution in [0.5, 0.6) is 0 Å². The Kier molecular flexibility index (Phi) is 6.14. The predicted octanol–water partition coefficient (Wildman–Crippen LogP) is 3.72. The van der Waals surface area contributed by atoms with Crippen LogP contribution >= 0.6 is 0 Å². The highest BCUT2D eigenvalue weighted by Gasteiger charge is 2.44. The van der Waals surface area contributed by atoms with Gasteiger partial charge in [-0.3, -0.25) is 0 Å². The summed E-state index contributed by atoms with van der Waals surface area (Å²) in [5.41, 5.74) is 0.0399. The Morgan fingerprint density at radius 2 is 1.65 bits per heavy atom. The number of rotatable bonds is 7. The number of nitriles is 2. The molecule has 0 aliphatic carbocycles. The number of hydrogen-bond donors (Lipinski definition) is 1. The number of hydrogen-bond acceptors (Lipinski definition) is 4. The van der Waals surface area contributed by atoms with Crippen LogP contribution < -0.4 is 4.90 Å². The van der Waals surface area contributed by atoms with E-state index in [1.807, 2.05) is 60.7 Å². The van der Waals surface area contributed by atoms with Crippen molar-refractivity contribution in [3.05, 3.63) is 78.4 Å². The van der Waals surface area contributed by atoms with Crippen molar-refractivity contribution in [2.75, 3.05) is 11.9 Å². The number of allylic oxidation sites excluding steroid dienone is 1. The molecule has 0 bridgehead atoms. The Bertz CT molecular complexity index is 834. The van der Waals surface area contributed by atoms with E-state index in [9.17, 15) is 15.3 Å². The summed E-state index contributed by atoms with van der Waals surface area (Å²) in [5.74, 6) is -1.59. The van der Waals surface area contributed by atoms with Crippen LogP contribution in [0.2, 0.25) is 0 Å². The highest BCUT2D eigenvalue weighted by molar-refractivity contribution is 5.79. The van der Waals surface area contributed by atoms with Crippen molar-refractivity contribution >= 4 is 11.7 Å². The van der Waals surface area contributed by atoms with Crippen LogP contribution in [0.15, 0.2) is 72.8 Å². The summed E-state index contributed by atoms with van der Waals surface area (Å²) < 4.78 is 0. The van der Waals surface area contributed by atoms with E-state index < -0.39 is 17.4 Å². The van der Waals surface area contributed by atoms with Crippen LogP contribution in [-0.2, 0) is 4.79 Å². The second-order valence-electron chi connectivity index (χ2n) is 5.82. The van der Waals surface area contributed by atoms with Crippen molar-refractivity contribution in [2.45, 2.75) is 17.9 Å². The number of carboxylic acid groups (broad SMARTS) is 1. The maximum Gasteiger partial charge on any atom is 0.327 e. The molecule has 0 aromatic heterocycles. The van der Waals surface area contributed by atoms with Gasteiger partial charge >= 0.3 is 5.97 Å². The highest BCUT2D eigenvalue weighted by atomic mass is 16.4. The van der Waals surface area contributed by atoms with Crippen LogP contribution in [0.4, 0.5) is 5.69 Å². The molecule has 0 spiro atoms. The number of aliphatic carboxylic acids is 1. The fourth-order valence-electron chi connectivity index (χ4n) is 2.96. The van der Waals surface area contributed by atoms with Crippen LogP contribution in [0.25, 0.3) is 0 Å². The Morgan fingerprint density at radius 3 is 2.15 bits per heavy atom. The molecule has 0 radical (unpaired) electrons. The van der Waals surface area contributed by atoms with Gasteiger partial charge in [-0.15, -0.1) is 0 Å². The zero-order chi connectivity index (χ0) is 19.0. The quantitative estimate of drug-likeness (QED) is 0.773. The van der Waals surface area contributed by atoms with Crippen molar-refractivity contribution in [3.8, 4) is 12.1 Å². The molecule has 0 saturated carbocycles. The lowest BCUT2D eigenvalue weighted by molar-refractivity contribution is -0.131. The first-order chi connectivity index (χ1) is 12.5. The molecule has 0 aliphatic rings. The lowest BCUT2D eigenvalue weighted by atomic mass is 9.77. The van der Waals surface area contributed by atoms with E-state index in [2.05, 4.69) is 12.1 Å². The number of carbonyl (C=O) groups is 1. The number of anilines is 1. The number of carboxylic acids is 1. The predicted molar refractivity (Wildman–Crippen MR) is 99.4 cm³/mol. The molecule has 26 heavy (non-hydrogen) atoms. The normalized spacial score (nSPS) is 12.1. The van der Waals surface area contributed by atoms with Gasteiger partial charge in [0.2, 0.25) is 5.54 Å². The average molecular weight is 345 g/mol. The summed E-state index contributed by atoms with van der Waals surface area (Å²) in [7, 11) is 1.71. The SMILES string of the molecule is CN(c1ccccc1)C(C#N)(C#N)C(C/C=C/C(=O)O)c1ccccc1. The fraction of sp³-hybridized carbons (Fsp3) is 0.190. The third kappa shape index (κ3) is 3.91. The molecule has 130 valence electrons. The Balaban J connectivity index is 2.54. The van der Waals surface area contributed by atoms with Gasteiger partial charge in [-0.2, -0.15) is 10.5 Å². The van der Waals surface area contributed by atoms with E-state index in [0.717, 1.165) is 17.3 Å². The maximum atomic E-state index is 10.8. The Morgan fingerprint density at radius 1 is 1.12 bits per heavy atom. The number of benzene rings is 2. The van der Waals surface area contributed by atoms with E-state index in [1.54, 1.807) is 11.9 Å². The van der Waals surface area contributed by atoms with Gasteiger partial charge in [0.25, 0.3) is 0 Å². The number of nitrogens with zero attached hydrogens (tertiary/aromatic N) is 3. The summed E-state index contributed by atoms with van der Waals surface area (Å²) in [4.78, 5) is 12.5. The first-order valence-electron chi connectivity index (χ1n) is 8.11. The van der Waals surface area contributed by atoms with Crippen LogP contribution in [0.3, 0.4) is 0 Å². The minimum absolute atomic E-state index is 0.245. The minimum atomic E-state index is -1.49. The summed E-state index contributed by atoms with van der Waals surface area (Å²) >= 11 is 0. The zero-order valence-corrected chi connectivity index (χ0v) is 14.4. The first kappa shape index (κ1) is 18.8. The van der Waals surface area contributed by atoms with Gasteiger partial charge in [-0.25, -0.2) is 4.79 Å². The van der Waals surface area contributed by atoms with E-state index >= 15 is 0 Å². The van der Waals surface area contributed by atoms with Gasteiger partial charge in [0, 0.05) is 24.7 Å². The van der Waals surface area contributed by atoms with Gasteiger partial charge in [0.15, 0.2) is 0 Å². The van der Waals surface area contributed by atoms with E-state index in [0.29, 0.717) is 0 Å². The highest BCUT2D eigenvalue weighted by Crippen LogP contribution is 2.37. The second kappa shape index (κ2) is 8.50. The molecular weight excluding hydrogens is 326 g/mol. The average Bonchev–Trinajstić information content (AvgIpc) is 2.68. The van der Waals surface area contributed by atoms with Crippen LogP contribution in [0, 0.1) is 22.7 Å². The first-order valence-corrected chi connectivity index (χ1v) is 8.11. The molecular formula is C21H19N3O2. The second-order valence-corrected chi connectivity index (χ2v) is 5.82. The van der Waals surface area contributed by atoms with Crippen LogP contribution in [0.1, 0.15) is 17.9 Å². The van der Waals surface area contributed by atoms with Gasteiger partial charge in [0.05, 0.1) is 0 Å². The molecule has 0 amide bonds. The zero-order valence-electron chi connectivity index (χ0n) is 14.4. The number of likely N-dealkylation sites (N-methyl/N-ethyl adjacent to an activating group) is 1. The molecule has 0 aliphatic heterocycles. The molecule has 0 fully saturated rings. The largest absolute Gasteiger partial charge is 0.478 e. The van der Waals surface area contributed by atoms with Gasteiger partial charge in [0.1, 0.15) is 12.1 Å². The molecule has 2 aromatic rings. The van der Waals surface area contributed by atoms with Crippen molar-refractivity contribution < 1.29 is 9.90 Å². The molecule has 0 heterocycles.